The van der Waals surface area contributed by atoms with Crippen molar-refractivity contribution in [3.63, 3.8) is 0 Å². The molecule has 0 bridgehead atoms. The van der Waals surface area contributed by atoms with Gasteiger partial charge in [0, 0.05) is 57.1 Å². The lowest BCUT2D eigenvalue weighted by Gasteiger charge is -2.49. The molecule has 9 nitrogen and oxygen atoms in total. The number of piperazine rings is 1. The molecule has 3 aliphatic rings. The SMILES string of the molecule is C=CC(=O)N1CCN([C@@H](CC2(C)CC(C)C2)c2ccc([C@H](C)Nc3ncc4c(n3)N(CC)C(=O)NC4)cc2)CC1. The van der Waals surface area contributed by atoms with E-state index in [1.54, 1.807) is 11.1 Å². The van der Waals surface area contributed by atoms with Crippen molar-refractivity contribution in [2.24, 2.45) is 11.3 Å². The summed E-state index contributed by atoms with van der Waals surface area (Å²) >= 11 is 0. The maximum Gasteiger partial charge on any atom is 0.323 e. The highest BCUT2D eigenvalue weighted by atomic mass is 16.2. The van der Waals surface area contributed by atoms with E-state index in [4.69, 9.17) is 0 Å². The van der Waals surface area contributed by atoms with Crippen LogP contribution in [-0.2, 0) is 11.3 Å². The molecule has 2 N–H and O–H groups in total. The number of fused-ring (bicyclic) bond motifs is 1. The molecule has 1 saturated heterocycles. The van der Waals surface area contributed by atoms with Crippen LogP contribution in [0.25, 0.3) is 0 Å². The van der Waals surface area contributed by atoms with Crippen LogP contribution in [0.3, 0.4) is 0 Å². The first-order chi connectivity index (χ1) is 19.2. The number of carbonyl (C=O) groups excluding carboxylic acids is 2. The van der Waals surface area contributed by atoms with Gasteiger partial charge in [-0.25, -0.2) is 9.78 Å². The number of urea groups is 1. The molecule has 1 aliphatic carbocycles. The van der Waals surface area contributed by atoms with Crippen LogP contribution in [0.2, 0.25) is 0 Å². The topological polar surface area (TPSA) is 93.7 Å². The summed E-state index contributed by atoms with van der Waals surface area (Å²) in [5, 5.41) is 6.28. The van der Waals surface area contributed by atoms with Gasteiger partial charge in [-0.2, -0.15) is 4.98 Å². The van der Waals surface area contributed by atoms with Crippen molar-refractivity contribution < 1.29 is 9.59 Å². The Kier molecular flexibility index (Phi) is 8.12. The summed E-state index contributed by atoms with van der Waals surface area (Å²) in [5.74, 6) is 2.00. The number of hydrogen-bond acceptors (Lipinski definition) is 6. The van der Waals surface area contributed by atoms with E-state index < -0.39 is 0 Å². The van der Waals surface area contributed by atoms with Crippen LogP contribution in [0.4, 0.5) is 16.6 Å². The van der Waals surface area contributed by atoms with E-state index in [9.17, 15) is 9.59 Å². The molecule has 1 aromatic heterocycles. The molecule has 1 saturated carbocycles. The van der Waals surface area contributed by atoms with Crippen molar-refractivity contribution in [1.82, 2.24) is 25.1 Å². The molecule has 3 heterocycles. The minimum absolute atomic E-state index is 0.00324. The molecule has 0 radical (unpaired) electrons. The fourth-order valence-corrected chi connectivity index (χ4v) is 6.86. The van der Waals surface area contributed by atoms with Crippen molar-refractivity contribution in [3.8, 4) is 0 Å². The first-order valence-electron chi connectivity index (χ1n) is 14.6. The number of rotatable bonds is 9. The quantitative estimate of drug-likeness (QED) is 0.436. The lowest BCUT2D eigenvalue weighted by atomic mass is 9.60. The molecular formula is C31H43N7O2. The van der Waals surface area contributed by atoms with Crippen LogP contribution in [0.5, 0.6) is 0 Å². The number of nitrogens with zero attached hydrogens (tertiary/aromatic N) is 5. The lowest BCUT2D eigenvalue weighted by molar-refractivity contribution is -0.128. The highest BCUT2D eigenvalue weighted by Crippen LogP contribution is 2.51. The molecule has 214 valence electrons. The van der Waals surface area contributed by atoms with Gasteiger partial charge in [0.1, 0.15) is 5.82 Å². The number of nitrogens with one attached hydrogen (secondary N) is 2. The lowest BCUT2D eigenvalue weighted by Crippen LogP contribution is -2.50. The predicted molar refractivity (Wildman–Crippen MR) is 158 cm³/mol. The van der Waals surface area contributed by atoms with E-state index in [0.29, 0.717) is 36.3 Å². The van der Waals surface area contributed by atoms with Crippen LogP contribution < -0.4 is 15.5 Å². The van der Waals surface area contributed by atoms with Crippen molar-refractivity contribution >= 4 is 23.7 Å². The molecule has 40 heavy (non-hydrogen) atoms. The fraction of sp³-hybridized carbons (Fsp3) is 0.548. The number of aromatic nitrogens is 2. The zero-order valence-electron chi connectivity index (χ0n) is 24.3. The van der Waals surface area contributed by atoms with Gasteiger partial charge in [-0.1, -0.05) is 44.7 Å². The van der Waals surface area contributed by atoms with Gasteiger partial charge in [0.05, 0.1) is 6.04 Å². The van der Waals surface area contributed by atoms with Gasteiger partial charge in [0.25, 0.3) is 0 Å². The Morgan fingerprint density at radius 3 is 2.50 bits per heavy atom. The van der Waals surface area contributed by atoms with E-state index >= 15 is 0 Å². The third-order valence-electron chi connectivity index (χ3n) is 8.87. The van der Waals surface area contributed by atoms with Gasteiger partial charge < -0.3 is 15.5 Å². The Labute approximate surface area is 238 Å². The molecule has 0 spiro atoms. The summed E-state index contributed by atoms with van der Waals surface area (Å²) in [4.78, 5) is 39.7. The Morgan fingerprint density at radius 1 is 1.20 bits per heavy atom. The van der Waals surface area contributed by atoms with Crippen LogP contribution in [0, 0.1) is 11.3 Å². The molecule has 9 heteroatoms. The maximum atomic E-state index is 12.2. The minimum Gasteiger partial charge on any atom is -0.348 e. The van der Waals surface area contributed by atoms with E-state index in [2.05, 4.69) is 77.1 Å². The molecule has 0 unspecified atom stereocenters. The fourth-order valence-electron chi connectivity index (χ4n) is 6.86. The average Bonchev–Trinajstić information content (AvgIpc) is 2.95. The Morgan fingerprint density at radius 2 is 1.88 bits per heavy atom. The standard InChI is InChI=1S/C31H43N7O2/c1-6-27(39)37-14-12-36(13-15-37)26(18-31(5)16-21(3)17-31)24-10-8-23(9-11-24)22(4)34-29-32-19-25-20-33-30(40)38(7-2)28(25)35-29/h6,8-11,19,21-22,26H,1,7,12-18,20H2,2-5H3,(H,33,40)(H,32,34,35)/t21?,22-,26-,31?/m0/s1. The summed E-state index contributed by atoms with van der Waals surface area (Å²) in [7, 11) is 0. The number of anilines is 2. The minimum atomic E-state index is -0.128. The summed E-state index contributed by atoms with van der Waals surface area (Å²) in [6, 6.07) is 9.13. The second-order valence-corrected chi connectivity index (χ2v) is 12.1. The Hall–Kier alpha value is -3.46. The van der Waals surface area contributed by atoms with Gasteiger partial charge in [-0.3, -0.25) is 14.6 Å². The zero-order valence-corrected chi connectivity index (χ0v) is 24.3. The smallest absolute Gasteiger partial charge is 0.323 e. The largest absolute Gasteiger partial charge is 0.348 e. The first kappa shape index (κ1) is 28.1. The van der Waals surface area contributed by atoms with Crippen LogP contribution in [-0.4, -0.2) is 64.4 Å². The second kappa shape index (κ2) is 11.6. The summed E-state index contributed by atoms with van der Waals surface area (Å²) < 4.78 is 0. The number of amides is 3. The van der Waals surface area contributed by atoms with E-state index in [0.717, 1.165) is 49.6 Å². The third-order valence-corrected chi connectivity index (χ3v) is 8.87. The molecule has 5 rings (SSSR count). The van der Waals surface area contributed by atoms with Crippen LogP contribution in [0.1, 0.15) is 75.7 Å². The van der Waals surface area contributed by atoms with Gasteiger partial charge >= 0.3 is 6.03 Å². The van der Waals surface area contributed by atoms with Gasteiger partial charge in [0.15, 0.2) is 0 Å². The van der Waals surface area contributed by atoms with Crippen molar-refractivity contribution in [2.75, 3.05) is 42.9 Å². The van der Waals surface area contributed by atoms with E-state index in [-0.39, 0.29) is 18.0 Å². The molecule has 2 aromatic rings. The highest BCUT2D eigenvalue weighted by molar-refractivity contribution is 5.93. The summed E-state index contributed by atoms with van der Waals surface area (Å²) in [6.45, 7) is 16.7. The van der Waals surface area contributed by atoms with Crippen molar-refractivity contribution in [1.29, 1.82) is 0 Å². The molecule has 2 fully saturated rings. The van der Waals surface area contributed by atoms with Gasteiger partial charge in [-0.15, -0.1) is 0 Å². The Balaban J connectivity index is 1.30. The summed E-state index contributed by atoms with van der Waals surface area (Å²) in [6.07, 6.45) is 6.89. The average molecular weight is 546 g/mol. The molecule has 1 aromatic carbocycles. The summed E-state index contributed by atoms with van der Waals surface area (Å²) in [5.41, 5.74) is 3.76. The van der Waals surface area contributed by atoms with Crippen molar-refractivity contribution in [2.45, 2.75) is 65.6 Å². The zero-order chi connectivity index (χ0) is 28.4. The molecule has 2 atom stereocenters. The number of benzene rings is 1. The maximum absolute atomic E-state index is 12.2. The first-order valence-corrected chi connectivity index (χ1v) is 14.6. The second-order valence-electron chi connectivity index (χ2n) is 12.1. The van der Waals surface area contributed by atoms with Gasteiger partial charge in [0.2, 0.25) is 11.9 Å². The predicted octanol–water partition coefficient (Wildman–Crippen LogP) is 4.90. The number of carbonyl (C=O) groups is 2. The number of hydrogen-bond donors (Lipinski definition) is 2. The monoisotopic (exact) mass is 545 g/mol. The molecule has 2 aliphatic heterocycles. The van der Waals surface area contributed by atoms with E-state index in [1.807, 2.05) is 11.8 Å². The van der Waals surface area contributed by atoms with Crippen LogP contribution >= 0.6 is 0 Å². The van der Waals surface area contributed by atoms with Gasteiger partial charge in [-0.05, 0) is 61.6 Å². The van der Waals surface area contributed by atoms with Crippen molar-refractivity contribution in [3.05, 3.63) is 59.8 Å². The van der Waals surface area contributed by atoms with Crippen LogP contribution in [0.15, 0.2) is 43.1 Å². The molecular weight excluding hydrogens is 502 g/mol. The van der Waals surface area contributed by atoms with E-state index in [1.165, 1.54) is 24.5 Å². The highest BCUT2D eigenvalue weighted by Gasteiger charge is 2.41. The Bertz CT molecular complexity index is 1230. The normalized spacial score (nSPS) is 24.4. The molecule has 3 amide bonds. The third kappa shape index (κ3) is 5.84.